The minimum Gasteiger partial charge on any atom is -0.349 e. The van der Waals surface area contributed by atoms with Crippen LogP contribution in [0.1, 0.15) is 51.1 Å². The third kappa shape index (κ3) is 3.31. The summed E-state index contributed by atoms with van der Waals surface area (Å²) in [6.45, 7) is 0.610. The second-order valence-corrected chi connectivity index (χ2v) is 7.87. The van der Waals surface area contributed by atoms with E-state index in [1.165, 1.54) is 0 Å². The summed E-state index contributed by atoms with van der Waals surface area (Å²) < 4.78 is 1.58. The molecule has 2 aliphatic rings. The van der Waals surface area contributed by atoms with Gasteiger partial charge in [0.2, 0.25) is 5.91 Å². The van der Waals surface area contributed by atoms with Crippen LogP contribution in [-0.2, 0) is 18.4 Å². The largest absolute Gasteiger partial charge is 0.349 e. The minimum absolute atomic E-state index is 0.115. The predicted octanol–water partition coefficient (Wildman–Crippen LogP) is 2.03. The number of hydrogen-bond donors (Lipinski definition) is 1. The molecule has 32 heavy (non-hydrogen) atoms. The van der Waals surface area contributed by atoms with Gasteiger partial charge in [-0.2, -0.15) is 5.10 Å². The van der Waals surface area contributed by atoms with Crippen LogP contribution >= 0.6 is 0 Å². The van der Waals surface area contributed by atoms with Crippen LogP contribution in [0.15, 0.2) is 54.9 Å². The molecule has 9 heteroatoms. The maximum Gasteiger partial charge on any atom is 0.260 e. The van der Waals surface area contributed by atoms with Crippen molar-refractivity contribution in [2.45, 2.75) is 25.6 Å². The minimum atomic E-state index is -0.498. The summed E-state index contributed by atoms with van der Waals surface area (Å²) in [6, 6.07) is 14.5. The van der Waals surface area contributed by atoms with Gasteiger partial charge in [0.05, 0.1) is 17.8 Å². The number of nitrogens with zero attached hydrogens (tertiary/aromatic N) is 5. The van der Waals surface area contributed by atoms with Crippen LogP contribution in [0, 0.1) is 0 Å². The van der Waals surface area contributed by atoms with Gasteiger partial charge in [-0.1, -0.05) is 30.3 Å². The molecule has 2 aliphatic heterocycles. The standard InChI is InChI=1S/C23H22N6O3/c1-27-14-25-19(26-27)13-24-20(30)11-6-12-28-21-15-7-2-3-8-16(15)23(32)29(21)18-10-5-4-9-17(18)22(28)31/h2-5,7-10,14,21H,6,11-13H2,1H3,(H,24,30)/t21-/m1/s1. The number of rotatable bonds is 6. The summed E-state index contributed by atoms with van der Waals surface area (Å²) in [5.41, 5.74) is 2.54. The highest BCUT2D eigenvalue weighted by Crippen LogP contribution is 2.45. The number of aryl methyl sites for hydroxylation is 1. The summed E-state index contributed by atoms with van der Waals surface area (Å²) >= 11 is 0. The van der Waals surface area contributed by atoms with Gasteiger partial charge in [-0.15, -0.1) is 0 Å². The number of hydrogen-bond acceptors (Lipinski definition) is 5. The van der Waals surface area contributed by atoms with Crippen LogP contribution in [0.5, 0.6) is 0 Å². The van der Waals surface area contributed by atoms with Crippen molar-refractivity contribution in [1.29, 1.82) is 0 Å². The molecule has 2 aromatic carbocycles. The Hall–Kier alpha value is -4.01. The number of carbonyl (C=O) groups excluding carboxylic acids is 3. The van der Waals surface area contributed by atoms with Gasteiger partial charge in [-0.05, 0) is 24.6 Å². The lowest BCUT2D eigenvalue weighted by Gasteiger charge is -2.41. The molecule has 0 aliphatic carbocycles. The fourth-order valence-electron chi connectivity index (χ4n) is 4.34. The molecule has 3 amide bonds. The molecule has 0 unspecified atom stereocenters. The van der Waals surface area contributed by atoms with E-state index in [-0.39, 0.29) is 30.7 Å². The Morgan fingerprint density at radius 2 is 1.78 bits per heavy atom. The van der Waals surface area contributed by atoms with E-state index in [9.17, 15) is 14.4 Å². The molecule has 1 N–H and O–H groups in total. The SMILES string of the molecule is Cn1cnc(CNC(=O)CCCN2C(=O)c3ccccc3N3C(=O)c4ccccc4[C@H]23)n1. The summed E-state index contributed by atoms with van der Waals surface area (Å²) in [5.74, 6) is 0.156. The maximum absolute atomic E-state index is 13.3. The van der Waals surface area contributed by atoms with Crippen molar-refractivity contribution in [3.05, 3.63) is 77.4 Å². The zero-order valence-corrected chi connectivity index (χ0v) is 17.6. The van der Waals surface area contributed by atoms with Gasteiger partial charge >= 0.3 is 0 Å². The number of anilines is 1. The molecule has 9 nitrogen and oxygen atoms in total. The van der Waals surface area contributed by atoms with E-state index < -0.39 is 6.17 Å². The number of nitrogens with one attached hydrogen (secondary N) is 1. The van der Waals surface area contributed by atoms with Gasteiger partial charge in [0.25, 0.3) is 11.8 Å². The third-order valence-electron chi connectivity index (χ3n) is 5.78. The number of benzene rings is 2. The lowest BCUT2D eigenvalue weighted by Crippen LogP contribution is -2.48. The average Bonchev–Trinajstić information content (AvgIpc) is 3.36. The van der Waals surface area contributed by atoms with Crippen molar-refractivity contribution in [3.8, 4) is 0 Å². The van der Waals surface area contributed by atoms with Crippen molar-refractivity contribution in [3.63, 3.8) is 0 Å². The molecular weight excluding hydrogens is 408 g/mol. The smallest absolute Gasteiger partial charge is 0.260 e. The van der Waals surface area contributed by atoms with E-state index in [0.29, 0.717) is 35.6 Å². The Labute approximate surface area is 184 Å². The molecule has 5 rings (SSSR count). The summed E-state index contributed by atoms with van der Waals surface area (Å²) in [4.78, 5) is 46.2. The number of fused-ring (bicyclic) bond motifs is 5. The highest BCUT2D eigenvalue weighted by Gasteiger charge is 2.47. The van der Waals surface area contributed by atoms with Crippen molar-refractivity contribution in [1.82, 2.24) is 25.0 Å². The van der Waals surface area contributed by atoms with Crippen LogP contribution in [0.3, 0.4) is 0 Å². The molecule has 162 valence electrons. The average molecular weight is 430 g/mol. The second-order valence-electron chi connectivity index (χ2n) is 7.87. The van der Waals surface area contributed by atoms with E-state index in [1.807, 2.05) is 24.3 Å². The number of carbonyl (C=O) groups is 3. The highest BCUT2D eigenvalue weighted by atomic mass is 16.2. The van der Waals surface area contributed by atoms with Gasteiger partial charge in [0.15, 0.2) is 5.82 Å². The van der Waals surface area contributed by atoms with Gasteiger partial charge < -0.3 is 10.2 Å². The van der Waals surface area contributed by atoms with Crippen molar-refractivity contribution < 1.29 is 14.4 Å². The second kappa shape index (κ2) is 7.92. The predicted molar refractivity (Wildman–Crippen MR) is 116 cm³/mol. The van der Waals surface area contributed by atoms with E-state index in [1.54, 1.807) is 52.1 Å². The Balaban J connectivity index is 1.32. The maximum atomic E-state index is 13.3. The highest BCUT2D eigenvalue weighted by molar-refractivity contribution is 6.16. The molecule has 0 spiro atoms. The monoisotopic (exact) mass is 430 g/mol. The summed E-state index contributed by atoms with van der Waals surface area (Å²) in [6.07, 6.45) is 1.80. The molecule has 3 heterocycles. The van der Waals surface area contributed by atoms with Crippen LogP contribution in [0.4, 0.5) is 5.69 Å². The Kier molecular flexibility index (Phi) is 4.93. The third-order valence-corrected chi connectivity index (χ3v) is 5.78. The fraction of sp³-hybridized carbons (Fsp3) is 0.261. The quantitative estimate of drug-likeness (QED) is 0.645. The molecule has 1 aromatic heterocycles. The molecular formula is C23H22N6O3. The van der Waals surface area contributed by atoms with Crippen LogP contribution in [0.25, 0.3) is 0 Å². The summed E-state index contributed by atoms with van der Waals surface area (Å²) in [7, 11) is 1.77. The molecule has 1 atom stereocenters. The van der Waals surface area contributed by atoms with Crippen LogP contribution in [-0.4, -0.2) is 43.9 Å². The number of para-hydroxylation sites is 1. The van der Waals surface area contributed by atoms with Gasteiger partial charge in [-0.25, -0.2) is 4.98 Å². The molecule has 0 saturated heterocycles. The lowest BCUT2D eigenvalue weighted by molar-refractivity contribution is -0.121. The molecule has 0 bridgehead atoms. The summed E-state index contributed by atoms with van der Waals surface area (Å²) in [5, 5.41) is 6.93. The Morgan fingerprint density at radius 3 is 2.56 bits per heavy atom. The van der Waals surface area contributed by atoms with Gasteiger partial charge in [-0.3, -0.25) is 24.0 Å². The lowest BCUT2D eigenvalue weighted by atomic mass is 10.0. The number of amides is 3. The fourth-order valence-corrected chi connectivity index (χ4v) is 4.34. The normalized spacial score (nSPS) is 16.6. The molecule has 0 saturated carbocycles. The van der Waals surface area contributed by atoms with Gasteiger partial charge in [0.1, 0.15) is 12.5 Å². The van der Waals surface area contributed by atoms with Crippen molar-refractivity contribution in [2.24, 2.45) is 7.05 Å². The first-order valence-electron chi connectivity index (χ1n) is 10.5. The van der Waals surface area contributed by atoms with Crippen molar-refractivity contribution in [2.75, 3.05) is 11.4 Å². The van der Waals surface area contributed by atoms with Crippen molar-refractivity contribution >= 4 is 23.4 Å². The zero-order valence-electron chi connectivity index (χ0n) is 17.6. The van der Waals surface area contributed by atoms with E-state index >= 15 is 0 Å². The Morgan fingerprint density at radius 1 is 1.03 bits per heavy atom. The first-order chi connectivity index (χ1) is 15.5. The molecule has 0 radical (unpaired) electrons. The first-order valence-corrected chi connectivity index (χ1v) is 10.5. The molecule has 3 aromatic rings. The first kappa shape index (κ1) is 19.9. The topological polar surface area (TPSA) is 100 Å². The van der Waals surface area contributed by atoms with Crippen LogP contribution in [0.2, 0.25) is 0 Å². The number of aromatic nitrogens is 3. The van der Waals surface area contributed by atoms with E-state index in [4.69, 9.17) is 0 Å². The van der Waals surface area contributed by atoms with E-state index in [0.717, 1.165) is 5.56 Å². The van der Waals surface area contributed by atoms with Gasteiger partial charge in [0, 0.05) is 31.1 Å². The zero-order chi connectivity index (χ0) is 22.2. The Bertz CT molecular complexity index is 1220. The molecule has 0 fully saturated rings. The van der Waals surface area contributed by atoms with E-state index in [2.05, 4.69) is 15.4 Å². The van der Waals surface area contributed by atoms with Crippen LogP contribution < -0.4 is 10.2 Å².